The lowest BCUT2D eigenvalue weighted by atomic mass is 9.89. The lowest BCUT2D eigenvalue weighted by Crippen LogP contribution is -2.27. The van der Waals surface area contributed by atoms with Gasteiger partial charge in [0.15, 0.2) is 0 Å². The van der Waals surface area contributed by atoms with E-state index in [-0.39, 0.29) is 0 Å². The van der Waals surface area contributed by atoms with Gasteiger partial charge in [0, 0.05) is 10.9 Å². The number of carbonyl (C=O) groups is 2. The molecule has 1 N–H and O–H groups in total. The van der Waals surface area contributed by atoms with Crippen LogP contribution in [0.4, 0.5) is 9.80 Å². The normalized spacial score (nSPS) is 13.6. The number of anilines is 1. The molecule has 0 aliphatic heterocycles. The van der Waals surface area contributed by atoms with E-state index in [1.54, 1.807) is 20.8 Å². The zero-order valence-electron chi connectivity index (χ0n) is 16.2. The Balaban J connectivity index is 1.95. The van der Waals surface area contributed by atoms with Crippen LogP contribution in [0.2, 0.25) is 0 Å². The van der Waals surface area contributed by atoms with Gasteiger partial charge in [0.05, 0.1) is 7.11 Å². The van der Waals surface area contributed by atoms with Crippen molar-refractivity contribution in [3.05, 3.63) is 40.3 Å². The van der Waals surface area contributed by atoms with Crippen LogP contribution < -0.4 is 5.32 Å². The maximum atomic E-state index is 12.4. The molecule has 6 heteroatoms. The third-order valence-corrected chi connectivity index (χ3v) is 5.35. The molecule has 1 aliphatic carbocycles. The Labute approximate surface area is 163 Å². The summed E-state index contributed by atoms with van der Waals surface area (Å²) in [4.78, 5) is 24.6. The monoisotopic (exact) mass is 387 g/mol. The number of amides is 1. The molecule has 0 spiro atoms. The molecule has 2 aromatic rings. The molecule has 0 saturated heterocycles. The fraction of sp³-hybridized carbons (Fsp3) is 0.429. The fourth-order valence-corrected chi connectivity index (χ4v) is 4.21. The Morgan fingerprint density at radius 2 is 1.81 bits per heavy atom. The maximum Gasteiger partial charge on any atom is 0.412 e. The molecule has 144 valence electrons. The molecule has 0 unspecified atom stereocenters. The molecule has 5 nitrogen and oxygen atoms in total. The lowest BCUT2D eigenvalue weighted by molar-refractivity contribution is 0.0603. The summed E-state index contributed by atoms with van der Waals surface area (Å²) in [6, 6.07) is 6.33. The van der Waals surface area contributed by atoms with E-state index in [0.29, 0.717) is 10.6 Å². The van der Waals surface area contributed by atoms with Crippen LogP contribution >= 0.6 is 11.3 Å². The zero-order valence-corrected chi connectivity index (χ0v) is 17.0. The van der Waals surface area contributed by atoms with Crippen molar-refractivity contribution in [1.82, 2.24) is 0 Å². The standard InChI is InChI=1S/C21H25NO4S/c1-21(2,3)26-20(24)22-18-17(19(23)25-4)16(12-27-18)15-10-9-13-7-5-6-8-14(13)11-15/h9-12H,5-8H2,1-4H3,(H,22,24). The molecule has 27 heavy (non-hydrogen) atoms. The van der Waals surface area contributed by atoms with Gasteiger partial charge in [0.25, 0.3) is 0 Å². The maximum absolute atomic E-state index is 12.4. The number of methoxy groups -OCH3 is 1. The molecule has 1 heterocycles. The second-order valence-corrected chi connectivity index (χ2v) is 8.54. The highest BCUT2D eigenvalue weighted by Crippen LogP contribution is 2.38. The lowest BCUT2D eigenvalue weighted by Gasteiger charge is -2.19. The first-order valence-electron chi connectivity index (χ1n) is 9.10. The molecule has 1 aromatic heterocycles. The minimum atomic E-state index is -0.617. The van der Waals surface area contributed by atoms with Crippen molar-refractivity contribution >= 4 is 28.4 Å². The third-order valence-electron chi connectivity index (χ3n) is 4.45. The van der Waals surface area contributed by atoms with Gasteiger partial charge in [-0.05, 0) is 63.1 Å². The highest BCUT2D eigenvalue weighted by molar-refractivity contribution is 7.15. The molecule has 1 aromatic carbocycles. The summed E-state index contributed by atoms with van der Waals surface area (Å²) in [6.07, 6.45) is 3.99. The van der Waals surface area contributed by atoms with Crippen molar-refractivity contribution in [2.75, 3.05) is 12.4 Å². The van der Waals surface area contributed by atoms with Gasteiger partial charge in [-0.1, -0.05) is 18.2 Å². The summed E-state index contributed by atoms with van der Waals surface area (Å²) in [6.45, 7) is 5.38. The molecule has 0 radical (unpaired) electrons. The SMILES string of the molecule is COC(=O)c1c(-c2ccc3c(c2)CCCC3)csc1NC(=O)OC(C)(C)C. The minimum absolute atomic E-state index is 0.365. The van der Waals surface area contributed by atoms with Crippen LogP contribution in [0, 0.1) is 0 Å². The third kappa shape index (κ3) is 4.50. The van der Waals surface area contributed by atoms with E-state index >= 15 is 0 Å². The second kappa shape index (κ2) is 7.72. The van der Waals surface area contributed by atoms with E-state index in [2.05, 4.69) is 17.4 Å². The van der Waals surface area contributed by atoms with E-state index in [0.717, 1.165) is 24.0 Å². The largest absolute Gasteiger partial charge is 0.465 e. The first-order chi connectivity index (χ1) is 12.8. The van der Waals surface area contributed by atoms with Crippen molar-refractivity contribution in [2.45, 2.75) is 52.1 Å². The summed E-state index contributed by atoms with van der Waals surface area (Å²) in [5, 5.41) is 5.00. The van der Waals surface area contributed by atoms with Gasteiger partial charge >= 0.3 is 12.1 Å². The number of hydrogen-bond donors (Lipinski definition) is 1. The summed E-state index contributed by atoms with van der Waals surface area (Å²) < 4.78 is 10.3. The zero-order chi connectivity index (χ0) is 19.6. The number of thiophene rings is 1. The van der Waals surface area contributed by atoms with Crippen LogP contribution in [0.5, 0.6) is 0 Å². The van der Waals surface area contributed by atoms with E-state index < -0.39 is 17.7 Å². The van der Waals surface area contributed by atoms with Crippen LogP contribution in [0.25, 0.3) is 11.1 Å². The smallest absolute Gasteiger partial charge is 0.412 e. The van der Waals surface area contributed by atoms with E-state index in [9.17, 15) is 9.59 Å². The first kappa shape index (κ1) is 19.4. The van der Waals surface area contributed by atoms with Crippen LogP contribution in [0.1, 0.15) is 55.1 Å². The van der Waals surface area contributed by atoms with Crippen molar-refractivity contribution in [2.24, 2.45) is 0 Å². The average Bonchev–Trinajstić information content (AvgIpc) is 3.02. The summed E-state index contributed by atoms with van der Waals surface area (Å²) in [5.74, 6) is -0.477. The van der Waals surface area contributed by atoms with Gasteiger partial charge in [-0.3, -0.25) is 5.32 Å². The Kier molecular flexibility index (Phi) is 5.56. The van der Waals surface area contributed by atoms with Crippen molar-refractivity contribution in [1.29, 1.82) is 0 Å². The number of ether oxygens (including phenoxy) is 2. The van der Waals surface area contributed by atoms with Gasteiger partial charge in [-0.15, -0.1) is 11.3 Å². The molecule has 0 fully saturated rings. The molecular formula is C21H25NO4S. The topological polar surface area (TPSA) is 64.6 Å². The fourth-order valence-electron chi connectivity index (χ4n) is 3.26. The van der Waals surface area contributed by atoms with Crippen molar-refractivity contribution in [3.8, 4) is 11.1 Å². The van der Waals surface area contributed by atoms with E-state index in [1.165, 1.54) is 42.4 Å². The number of nitrogens with one attached hydrogen (secondary N) is 1. The van der Waals surface area contributed by atoms with Crippen molar-refractivity contribution < 1.29 is 19.1 Å². The molecular weight excluding hydrogens is 362 g/mol. The quantitative estimate of drug-likeness (QED) is 0.714. The second-order valence-electron chi connectivity index (χ2n) is 7.66. The van der Waals surface area contributed by atoms with E-state index in [1.807, 2.05) is 11.4 Å². The van der Waals surface area contributed by atoms with Crippen LogP contribution in [-0.4, -0.2) is 24.8 Å². The number of esters is 1. The molecule has 0 bridgehead atoms. The van der Waals surface area contributed by atoms with Gasteiger partial charge in [0.1, 0.15) is 16.2 Å². The minimum Gasteiger partial charge on any atom is -0.465 e. The van der Waals surface area contributed by atoms with Gasteiger partial charge in [0.2, 0.25) is 0 Å². The average molecular weight is 388 g/mol. The number of hydrogen-bond acceptors (Lipinski definition) is 5. The highest BCUT2D eigenvalue weighted by Gasteiger charge is 2.25. The predicted octanol–water partition coefficient (Wildman–Crippen LogP) is 5.43. The molecule has 1 aliphatic rings. The molecule has 3 rings (SSSR count). The van der Waals surface area contributed by atoms with E-state index in [4.69, 9.17) is 9.47 Å². The number of rotatable bonds is 3. The first-order valence-corrected chi connectivity index (χ1v) is 9.98. The predicted molar refractivity (Wildman–Crippen MR) is 108 cm³/mol. The number of benzene rings is 1. The molecule has 1 amide bonds. The van der Waals surface area contributed by atoms with Gasteiger partial charge in [-0.25, -0.2) is 9.59 Å². The number of aryl methyl sites for hydroxylation is 2. The highest BCUT2D eigenvalue weighted by atomic mass is 32.1. The Morgan fingerprint density at radius 1 is 1.11 bits per heavy atom. The summed E-state index contributed by atoms with van der Waals surface area (Å²) >= 11 is 1.29. The van der Waals surface area contributed by atoms with Crippen LogP contribution in [0.15, 0.2) is 23.6 Å². The number of carbonyl (C=O) groups excluding carboxylic acids is 2. The van der Waals surface area contributed by atoms with Gasteiger partial charge in [-0.2, -0.15) is 0 Å². The molecule has 0 atom stereocenters. The van der Waals surface area contributed by atoms with Crippen LogP contribution in [0.3, 0.4) is 0 Å². The Bertz CT molecular complexity index is 864. The summed E-state index contributed by atoms with van der Waals surface area (Å²) in [7, 11) is 1.34. The van der Waals surface area contributed by atoms with Gasteiger partial charge < -0.3 is 9.47 Å². The number of fused-ring (bicyclic) bond motifs is 1. The summed E-state index contributed by atoms with van der Waals surface area (Å²) in [5.41, 5.74) is 4.20. The van der Waals surface area contributed by atoms with Crippen LogP contribution in [-0.2, 0) is 22.3 Å². The van der Waals surface area contributed by atoms with Crippen molar-refractivity contribution in [3.63, 3.8) is 0 Å². The molecule has 0 saturated carbocycles. The Morgan fingerprint density at radius 3 is 2.48 bits per heavy atom. The Hall–Kier alpha value is -2.34.